The lowest BCUT2D eigenvalue weighted by atomic mass is 10.1. The number of ether oxygens (including phenoxy) is 1. The van der Waals surface area contributed by atoms with Crippen LogP contribution in [-0.2, 0) is 11.2 Å². The number of amidine groups is 1. The number of amides is 1. The average Bonchev–Trinajstić information content (AvgIpc) is 3.14. The summed E-state index contributed by atoms with van der Waals surface area (Å²) in [7, 11) is 1.47. The Bertz CT molecular complexity index is 873. The Labute approximate surface area is 149 Å². The molecule has 25 heavy (non-hydrogen) atoms. The third-order valence-electron chi connectivity index (χ3n) is 3.65. The van der Waals surface area contributed by atoms with Gasteiger partial charge in [0.15, 0.2) is 11.5 Å². The first kappa shape index (κ1) is 17.1. The van der Waals surface area contributed by atoms with Crippen LogP contribution in [0.2, 0.25) is 0 Å². The van der Waals surface area contributed by atoms with Crippen LogP contribution in [-0.4, -0.2) is 34.2 Å². The Hall–Kier alpha value is -2.74. The first-order chi connectivity index (χ1) is 12.0. The minimum atomic E-state index is -0.247. The number of aromatic hydroxyl groups is 1. The number of hydrogen-bond acceptors (Lipinski definition) is 7. The van der Waals surface area contributed by atoms with E-state index in [0.717, 1.165) is 17.8 Å². The number of carbonyl (C=O) groups is 1. The molecule has 0 atom stereocenters. The molecular formula is C17H18N4O3S. The van der Waals surface area contributed by atoms with Crippen LogP contribution in [0.4, 0.5) is 5.13 Å². The van der Waals surface area contributed by atoms with E-state index in [0.29, 0.717) is 28.0 Å². The van der Waals surface area contributed by atoms with E-state index in [1.54, 1.807) is 25.1 Å². The number of anilines is 1. The maximum absolute atomic E-state index is 12.7. The highest BCUT2D eigenvalue weighted by Gasteiger charge is 2.31. The van der Waals surface area contributed by atoms with Crippen LogP contribution in [0, 0.1) is 0 Å². The quantitative estimate of drug-likeness (QED) is 0.830. The molecule has 1 aliphatic heterocycles. The zero-order valence-corrected chi connectivity index (χ0v) is 15.0. The van der Waals surface area contributed by atoms with Gasteiger partial charge in [-0.05, 0) is 37.1 Å². The summed E-state index contributed by atoms with van der Waals surface area (Å²) < 4.78 is 5.09. The first-order valence-corrected chi connectivity index (χ1v) is 8.66. The van der Waals surface area contributed by atoms with Crippen molar-refractivity contribution >= 4 is 34.3 Å². The number of phenols is 1. The third kappa shape index (κ3) is 3.39. The monoisotopic (exact) mass is 358 g/mol. The van der Waals surface area contributed by atoms with Crippen molar-refractivity contribution in [1.82, 2.24) is 10.2 Å². The largest absolute Gasteiger partial charge is 0.504 e. The number of aliphatic imine (C=N–C) groups is 1. The molecule has 130 valence electrons. The van der Waals surface area contributed by atoms with Crippen molar-refractivity contribution in [3.05, 3.63) is 34.5 Å². The van der Waals surface area contributed by atoms with Crippen molar-refractivity contribution in [3.63, 3.8) is 0 Å². The predicted octanol–water partition coefficient (Wildman–Crippen LogP) is 3.01. The molecule has 1 N–H and O–H groups in total. The highest BCUT2D eigenvalue weighted by atomic mass is 32.1. The topological polar surface area (TPSA) is 87.9 Å². The Morgan fingerprint density at radius 1 is 1.36 bits per heavy atom. The number of phenolic OH excluding ortho intramolecular Hbond substituents is 1. The summed E-state index contributed by atoms with van der Waals surface area (Å²) in [6.07, 6.45) is 3.47. The molecule has 0 radical (unpaired) electrons. The molecule has 0 aliphatic carbocycles. The zero-order chi connectivity index (χ0) is 18.0. The third-order valence-corrected chi connectivity index (χ3v) is 4.61. The zero-order valence-electron chi connectivity index (χ0n) is 14.2. The Kier molecular flexibility index (Phi) is 4.80. The molecule has 1 aromatic heterocycles. The van der Waals surface area contributed by atoms with Crippen LogP contribution >= 0.6 is 11.3 Å². The number of methoxy groups -OCH3 is 1. The number of rotatable bonds is 5. The van der Waals surface area contributed by atoms with E-state index < -0.39 is 0 Å². The summed E-state index contributed by atoms with van der Waals surface area (Å²) in [5.74, 6) is 0.691. The van der Waals surface area contributed by atoms with Crippen LogP contribution in [0.3, 0.4) is 0 Å². The van der Waals surface area contributed by atoms with E-state index in [-0.39, 0.29) is 11.7 Å². The maximum Gasteiger partial charge on any atom is 0.284 e. The van der Waals surface area contributed by atoms with Gasteiger partial charge in [-0.3, -0.25) is 4.79 Å². The molecule has 0 bridgehead atoms. The van der Waals surface area contributed by atoms with Gasteiger partial charge in [0.25, 0.3) is 5.91 Å². The summed E-state index contributed by atoms with van der Waals surface area (Å²) in [5.41, 5.74) is 1.01. The van der Waals surface area contributed by atoms with Gasteiger partial charge in [-0.15, -0.1) is 10.2 Å². The number of nitrogens with zero attached hydrogens (tertiary/aromatic N) is 4. The van der Waals surface area contributed by atoms with E-state index >= 15 is 0 Å². The highest BCUT2D eigenvalue weighted by Crippen LogP contribution is 2.30. The molecule has 1 aliphatic rings. The predicted molar refractivity (Wildman–Crippen MR) is 97.1 cm³/mol. The lowest BCUT2D eigenvalue weighted by molar-refractivity contribution is -0.113. The fourth-order valence-corrected chi connectivity index (χ4v) is 3.43. The van der Waals surface area contributed by atoms with Crippen molar-refractivity contribution in [1.29, 1.82) is 0 Å². The van der Waals surface area contributed by atoms with Crippen LogP contribution in [0.25, 0.3) is 6.08 Å². The van der Waals surface area contributed by atoms with Crippen molar-refractivity contribution in [2.75, 3.05) is 12.0 Å². The normalized spacial score (nSPS) is 15.8. The molecule has 1 aromatic carbocycles. The van der Waals surface area contributed by atoms with Crippen molar-refractivity contribution in [2.24, 2.45) is 4.99 Å². The number of hydrogen-bond donors (Lipinski definition) is 1. The van der Waals surface area contributed by atoms with Gasteiger partial charge >= 0.3 is 0 Å². The second-order valence-corrected chi connectivity index (χ2v) is 6.53. The molecule has 7 nitrogen and oxygen atoms in total. The Morgan fingerprint density at radius 3 is 2.88 bits per heavy atom. The lowest BCUT2D eigenvalue weighted by Crippen LogP contribution is -2.30. The van der Waals surface area contributed by atoms with Gasteiger partial charge < -0.3 is 9.84 Å². The summed E-state index contributed by atoms with van der Waals surface area (Å²) >= 11 is 1.40. The average molecular weight is 358 g/mol. The molecule has 0 fully saturated rings. The van der Waals surface area contributed by atoms with Gasteiger partial charge in [0.1, 0.15) is 16.5 Å². The molecule has 2 heterocycles. The van der Waals surface area contributed by atoms with Gasteiger partial charge in [-0.25, -0.2) is 9.89 Å². The van der Waals surface area contributed by atoms with E-state index in [9.17, 15) is 9.90 Å². The van der Waals surface area contributed by atoms with E-state index in [4.69, 9.17) is 4.74 Å². The van der Waals surface area contributed by atoms with Crippen molar-refractivity contribution < 1.29 is 14.6 Å². The van der Waals surface area contributed by atoms with E-state index in [1.165, 1.54) is 29.4 Å². The fourth-order valence-electron chi connectivity index (χ4n) is 2.44. The van der Waals surface area contributed by atoms with Crippen LogP contribution < -0.4 is 9.64 Å². The van der Waals surface area contributed by atoms with Crippen LogP contribution in [0.1, 0.15) is 30.8 Å². The van der Waals surface area contributed by atoms with Crippen LogP contribution in [0.5, 0.6) is 11.5 Å². The van der Waals surface area contributed by atoms with Gasteiger partial charge in [0.2, 0.25) is 5.13 Å². The number of aromatic nitrogens is 2. The van der Waals surface area contributed by atoms with Crippen LogP contribution in [0.15, 0.2) is 28.9 Å². The van der Waals surface area contributed by atoms with Gasteiger partial charge in [0, 0.05) is 6.42 Å². The second kappa shape index (κ2) is 7.02. The van der Waals surface area contributed by atoms with E-state index in [1.807, 2.05) is 0 Å². The van der Waals surface area contributed by atoms with E-state index in [2.05, 4.69) is 22.1 Å². The molecule has 8 heteroatoms. The number of carbonyl (C=O) groups excluding carboxylic acids is 1. The molecule has 0 saturated heterocycles. The smallest absolute Gasteiger partial charge is 0.284 e. The molecule has 1 amide bonds. The first-order valence-electron chi connectivity index (χ1n) is 7.84. The molecule has 2 aromatic rings. The highest BCUT2D eigenvalue weighted by molar-refractivity contribution is 7.15. The van der Waals surface area contributed by atoms with Gasteiger partial charge in [0.05, 0.1) is 7.11 Å². The summed E-state index contributed by atoms with van der Waals surface area (Å²) in [5, 5.41) is 19.3. The summed E-state index contributed by atoms with van der Waals surface area (Å²) in [4.78, 5) is 18.5. The number of aryl methyl sites for hydroxylation is 1. The Balaban J connectivity index is 1.89. The standard InChI is InChI=1S/C17H18N4O3S/c1-4-5-15-19-20-17(25-15)21-10(2)18-12(16(21)23)8-11-6-7-13(22)14(9-11)24-3/h6-9,22H,4-5H2,1-3H3/b12-8-. The minimum Gasteiger partial charge on any atom is -0.504 e. The molecule has 3 rings (SSSR count). The number of benzene rings is 1. The summed E-state index contributed by atoms with van der Waals surface area (Å²) in [6.45, 7) is 3.83. The van der Waals surface area contributed by atoms with Crippen molar-refractivity contribution in [2.45, 2.75) is 26.7 Å². The maximum atomic E-state index is 12.7. The molecule has 0 spiro atoms. The van der Waals surface area contributed by atoms with Gasteiger partial charge in [-0.1, -0.05) is 24.3 Å². The molecule has 0 saturated carbocycles. The van der Waals surface area contributed by atoms with Crippen molar-refractivity contribution in [3.8, 4) is 11.5 Å². The second-order valence-electron chi connectivity index (χ2n) is 5.49. The molecular weight excluding hydrogens is 340 g/mol. The fraction of sp³-hybridized carbons (Fsp3) is 0.294. The SMILES string of the molecule is CCCc1nnc(N2C(=O)/C(=C/c3ccc(O)c(OC)c3)N=C2C)s1. The summed E-state index contributed by atoms with van der Waals surface area (Å²) in [6, 6.07) is 4.85. The lowest BCUT2D eigenvalue weighted by Gasteiger charge is -2.10. The minimum absolute atomic E-state index is 0.0426. The Morgan fingerprint density at radius 2 is 2.16 bits per heavy atom. The van der Waals surface area contributed by atoms with Gasteiger partial charge in [-0.2, -0.15) is 0 Å². The molecule has 0 unspecified atom stereocenters.